The molecule has 0 radical (unpaired) electrons. The van der Waals surface area contributed by atoms with E-state index in [1.807, 2.05) is 37.3 Å². The molecule has 1 aliphatic rings. The largest absolute Gasteiger partial charge is 0.233 e. The number of fused-ring (bicyclic) bond motifs is 1. The molecular formula is C18H20N2. The molecule has 102 valence electrons. The highest BCUT2D eigenvalue weighted by atomic mass is 14.9. The molecule has 20 heavy (non-hydrogen) atoms. The SMILES string of the molecule is C=CC.Cc1nc(-c2ccccc2)nc2c1CCC=C2. The normalized spacial score (nSPS) is 12.1. The summed E-state index contributed by atoms with van der Waals surface area (Å²) < 4.78 is 0. The van der Waals surface area contributed by atoms with Crippen LogP contribution in [0.5, 0.6) is 0 Å². The fourth-order valence-electron chi connectivity index (χ4n) is 2.20. The minimum absolute atomic E-state index is 0.827. The van der Waals surface area contributed by atoms with Crippen LogP contribution in [0.15, 0.2) is 49.1 Å². The van der Waals surface area contributed by atoms with Crippen LogP contribution in [0.4, 0.5) is 0 Å². The molecule has 1 heterocycles. The van der Waals surface area contributed by atoms with Crippen molar-refractivity contribution >= 4 is 6.08 Å². The van der Waals surface area contributed by atoms with Crippen molar-refractivity contribution in [2.75, 3.05) is 0 Å². The first-order chi connectivity index (χ1) is 9.76. The first kappa shape index (κ1) is 14.2. The van der Waals surface area contributed by atoms with E-state index >= 15 is 0 Å². The van der Waals surface area contributed by atoms with E-state index in [4.69, 9.17) is 0 Å². The molecule has 1 aromatic carbocycles. The summed E-state index contributed by atoms with van der Waals surface area (Å²) in [5.41, 5.74) is 4.57. The fourth-order valence-corrected chi connectivity index (χ4v) is 2.20. The molecule has 0 unspecified atom stereocenters. The van der Waals surface area contributed by atoms with Crippen LogP contribution in [0.2, 0.25) is 0 Å². The third kappa shape index (κ3) is 3.21. The van der Waals surface area contributed by atoms with Crippen LogP contribution in [-0.4, -0.2) is 9.97 Å². The maximum absolute atomic E-state index is 4.65. The second-order valence-corrected chi connectivity index (χ2v) is 4.71. The van der Waals surface area contributed by atoms with Gasteiger partial charge in [0.05, 0.1) is 5.69 Å². The Morgan fingerprint density at radius 2 is 1.85 bits per heavy atom. The van der Waals surface area contributed by atoms with Crippen LogP contribution >= 0.6 is 0 Å². The third-order valence-corrected chi connectivity index (χ3v) is 3.11. The van der Waals surface area contributed by atoms with Crippen molar-refractivity contribution in [1.29, 1.82) is 0 Å². The Balaban J connectivity index is 0.000000452. The van der Waals surface area contributed by atoms with Crippen molar-refractivity contribution < 1.29 is 0 Å². The van der Waals surface area contributed by atoms with Crippen LogP contribution in [0, 0.1) is 6.92 Å². The van der Waals surface area contributed by atoms with Crippen molar-refractivity contribution in [2.45, 2.75) is 26.7 Å². The summed E-state index contributed by atoms with van der Waals surface area (Å²) in [6.45, 7) is 7.33. The van der Waals surface area contributed by atoms with Crippen LogP contribution in [0.25, 0.3) is 17.5 Å². The molecule has 0 spiro atoms. The second-order valence-electron chi connectivity index (χ2n) is 4.71. The van der Waals surface area contributed by atoms with Crippen molar-refractivity contribution in [1.82, 2.24) is 9.97 Å². The minimum atomic E-state index is 0.827. The smallest absolute Gasteiger partial charge is 0.160 e. The molecule has 2 aromatic rings. The zero-order chi connectivity index (χ0) is 14.4. The number of hydrogen-bond donors (Lipinski definition) is 0. The predicted octanol–water partition coefficient (Wildman–Crippen LogP) is 4.60. The zero-order valence-electron chi connectivity index (χ0n) is 12.1. The number of aromatic nitrogens is 2. The number of rotatable bonds is 1. The van der Waals surface area contributed by atoms with Gasteiger partial charge in [-0.15, -0.1) is 6.58 Å². The molecule has 1 aromatic heterocycles. The Kier molecular flexibility index (Phi) is 4.83. The van der Waals surface area contributed by atoms with Gasteiger partial charge in [-0.1, -0.05) is 42.5 Å². The van der Waals surface area contributed by atoms with Crippen LogP contribution < -0.4 is 0 Å². The number of benzene rings is 1. The van der Waals surface area contributed by atoms with Gasteiger partial charge in [-0.05, 0) is 38.3 Å². The minimum Gasteiger partial charge on any atom is -0.233 e. The quantitative estimate of drug-likeness (QED) is 0.703. The number of allylic oxidation sites excluding steroid dienone is 2. The van der Waals surface area contributed by atoms with E-state index in [0.717, 1.165) is 35.6 Å². The second kappa shape index (κ2) is 6.80. The predicted molar refractivity (Wildman–Crippen MR) is 85.4 cm³/mol. The van der Waals surface area contributed by atoms with E-state index in [-0.39, 0.29) is 0 Å². The zero-order valence-corrected chi connectivity index (χ0v) is 12.1. The first-order valence-corrected chi connectivity index (χ1v) is 6.92. The summed E-state index contributed by atoms with van der Waals surface area (Å²) in [6, 6.07) is 10.1. The van der Waals surface area contributed by atoms with E-state index in [1.165, 1.54) is 5.56 Å². The Morgan fingerprint density at radius 1 is 1.15 bits per heavy atom. The van der Waals surface area contributed by atoms with E-state index in [9.17, 15) is 0 Å². The lowest BCUT2D eigenvalue weighted by molar-refractivity contribution is 0.916. The van der Waals surface area contributed by atoms with Gasteiger partial charge in [-0.25, -0.2) is 9.97 Å². The molecule has 0 amide bonds. The van der Waals surface area contributed by atoms with E-state index in [0.29, 0.717) is 0 Å². The van der Waals surface area contributed by atoms with Gasteiger partial charge in [0.15, 0.2) is 5.82 Å². The number of nitrogens with zero attached hydrogens (tertiary/aromatic N) is 2. The van der Waals surface area contributed by atoms with Crippen molar-refractivity contribution in [3.05, 3.63) is 66.0 Å². The fraction of sp³-hybridized carbons (Fsp3) is 0.222. The molecule has 0 aliphatic heterocycles. The summed E-state index contributed by atoms with van der Waals surface area (Å²) in [4.78, 5) is 9.26. The molecule has 0 fully saturated rings. The molecule has 0 atom stereocenters. The first-order valence-electron chi connectivity index (χ1n) is 6.92. The average Bonchev–Trinajstić information content (AvgIpc) is 2.49. The van der Waals surface area contributed by atoms with Crippen LogP contribution in [0.3, 0.4) is 0 Å². The molecule has 2 heteroatoms. The van der Waals surface area contributed by atoms with Crippen molar-refractivity contribution in [2.24, 2.45) is 0 Å². The third-order valence-electron chi connectivity index (χ3n) is 3.11. The molecule has 1 aliphatic carbocycles. The van der Waals surface area contributed by atoms with E-state index in [2.05, 4.69) is 35.6 Å². The Labute approximate surface area is 120 Å². The van der Waals surface area contributed by atoms with Gasteiger partial charge >= 0.3 is 0 Å². The van der Waals surface area contributed by atoms with Gasteiger partial charge in [0.1, 0.15) is 0 Å². The van der Waals surface area contributed by atoms with E-state index in [1.54, 1.807) is 6.08 Å². The molecule has 0 N–H and O–H groups in total. The Hall–Kier alpha value is -2.22. The summed E-state index contributed by atoms with van der Waals surface area (Å²) in [6.07, 6.45) is 8.21. The average molecular weight is 264 g/mol. The van der Waals surface area contributed by atoms with Crippen molar-refractivity contribution in [3.8, 4) is 11.4 Å². The Morgan fingerprint density at radius 3 is 2.55 bits per heavy atom. The maximum atomic E-state index is 4.65. The van der Waals surface area contributed by atoms with Crippen LogP contribution in [-0.2, 0) is 6.42 Å². The lowest BCUT2D eigenvalue weighted by atomic mass is 10.0. The molecule has 2 nitrogen and oxygen atoms in total. The number of hydrogen-bond acceptors (Lipinski definition) is 2. The van der Waals surface area contributed by atoms with Gasteiger partial charge in [0.2, 0.25) is 0 Å². The van der Waals surface area contributed by atoms with Gasteiger partial charge < -0.3 is 0 Å². The van der Waals surface area contributed by atoms with E-state index < -0.39 is 0 Å². The maximum Gasteiger partial charge on any atom is 0.160 e. The molecule has 3 rings (SSSR count). The molecule has 0 saturated heterocycles. The van der Waals surface area contributed by atoms with Gasteiger partial charge in [0.25, 0.3) is 0 Å². The topological polar surface area (TPSA) is 25.8 Å². The summed E-state index contributed by atoms with van der Waals surface area (Å²) in [7, 11) is 0. The molecule has 0 bridgehead atoms. The van der Waals surface area contributed by atoms with Crippen molar-refractivity contribution in [3.63, 3.8) is 0 Å². The van der Waals surface area contributed by atoms with Gasteiger partial charge in [-0.3, -0.25) is 0 Å². The molecular weight excluding hydrogens is 244 g/mol. The number of aryl methyl sites for hydroxylation is 1. The van der Waals surface area contributed by atoms with Gasteiger partial charge in [0, 0.05) is 11.3 Å². The standard InChI is InChI=1S/C15H14N2.C3H6/c1-11-13-9-5-6-10-14(13)17-15(16-11)12-7-3-2-4-8-12;1-3-2/h2-4,6-8,10H,5,9H2,1H3;3H,1H2,2H3. The lowest BCUT2D eigenvalue weighted by Gasteiger charge is -2.13. The lowest BCUT2D eigenvalue weighted by Crippen LogP contribution is -2.05. The monoisotopic (exact) mass is 264 g/mol. The summed E-state index contributed by atoms with van der Waals surface area (Å²) in [5.74, 6) is 0.827. The highest BCUT2D eigenvalue weighted by molar-refractivity contribution is 5.60. The highest BCUT2D eigenvalue weighted by Gasteiger charge is 2.12. The van der Waals surface area contributed by atoms with Gasteiger partial charge in [-0.2, -0.15) is 0 Å². The van der Waals surface area contributed by atoms with Crippen LogP contribution in [0.1, 0.15) is 30.3 Å². The summed E-state index contributed by atoms with van der Waals surface area (Å²) in [5, 5.41) is 0. The molecule has 0 saturated carbocycles. The Bertz CT molecular complexity index is 613. The summed E-state index contributed by atoms with van der Waals surface area (Å²) >= 11 is 0. The highest BCUT2D eigenvalue weighted by Crippen LogP contribution is 2.23.